The molecule has 130 valence electrons. The van der Waals surface area contributed by atoms with Crippen molar-refractivity contribution in [2.75, 3.05) is 5.32 Å². The first-order valence-corrected chi connectivity index (χ1v) is 7.74. The topological polar surface area (TPSA) is 124 Å². The van der Waals surface area contributed by atoms with Crippen LogP contribution in [0, 0.1) is 10.1 Å². The molecule has 8 heteroatoms. The standard InChI is InChI=1S/C18H15N5O3/c19-10-12-3-1-2-4-14(12)15-9-13(23(25)26)5-6-16(15)22-18(24)17-11-20-7-8-21-17/h1-9,11H,10,19H2,(H,22,24). The molecule has 2 aromatic carbocycles. The van der Waals surface area contributed by atoms with Gasteiger partial charge in [0.15, 0.2) is 0 Å². The van der Waals surface area contributed by atoms with Crippen molar-refractivity contribution in [1.82, 2.24) is 9.97 Å². The van der Waals surface area contributed by atoms with Gasteiger partial charge in [0.05, 0.1) is 11.1 Å². The highest BCUT2D eigenvalue weighted by atomic mass is 16.6. The second-order valence-electron chi connectivity index (χ2n) is 5.39. The average molecular weight is 349 g/mol. The second kappa shape index (κ2) is 7.49. The van der Waals surface area contributed by atoms with Gasteiger partial charge in [0, 0.05) is 42.3 Å². The smallest absolute Gasteiger partial charge is 0.275 e. The lowest BCUT2D eigenvalue weighted by molar-refractivity contribution is -0.384. The summed E-state index contributed by atoms with van der Waals surface area (Å²) in [6.07, 6.45) is 4.22. The molecule has 3 N–H and O–H groups in total. The molecule has 0 aliphatic rings. The number of aromatic nitrogens is 2. The summed E-state index contributed by atoms with van der Waals surface area (Å²) in [6.45, 7) is 0.260. The zero-order valence-corrected chi connectivity index (χ0v) is 13.6. The van der Waals surface area contributed by atoms with Gasteiger partial charge in [-0.15, -0.1) is 0 Å². The van der Waals surface area contributed by atoms with Gasteiger partial charge in [-0.25, -0.2) is 4.98 Å². The molecule has 0 bridgehead atoms. The van der Waals surface area contributed by atoms with E-state index in [1.165, 1.54) is 36.8 Å². The van der Waals surface area contributed by atoms with E-state index >= 15 is 0 Å². The van der Waals surface area contributed by atoms with Crippen molar-refractivity contribution in [2.24, 2.45) is 5.73 Å². The molecular formula is C18H15N5O3. The molecule has 0 aliphatic heterocycles. The van der Waals surface area contributed by atoms with Crippen molar-refractivity contribution in [3.63, 3.8) is 0 Å². The molecule has 3 rings (SSSR count). The van der Waals surface area contributed by atoms with Crippen LogP contribution < -0.4 is 11.1 Å². The molecule has 1 aromatic heterocycles. The Labute approximate surface area is 148 Å². The molecule has 1 amide bonds. The van der Waals surface area contributed by atoms with Crippen LogP contribution in [0.25, 0.3) is 11.1 Å². The average Bonchev–Trinajstić information content (AvgIpc) is 2.68. The van der Waals surface area contributed by atoms with E-state index in [4.69, 9.17) is 5.73 Å². The van der Waals surface area contributed by atoms with E-state index in [1.54, 1.807) is 6.07 Å². The number of nitrogens with two attached hydrogens (primary N) is 1. The minimum absolute atomic E-state index is 0.0793. The van der Waals surface area contributed by atoms with Gasteiger partial charge in [0.1, 0.15) is 5.69 Å². The molecule has 0 fully saturated rings. The summed E-state index contributed by atoms with van der Waals surface area (Å²) in [5, 5.41) is 13.9. The molecule has 26 heavy (non-hydrogen) atoms. The largest absolute Gasteiger partial charge is 0.326 e. The fourth-order valence-corrected chi connectivity index (χ4v) is 2.54. The number of nitro groups is 1. The van der Waals surface area contributed by atoms with Crippen molar-refractivity contribution < 1.29 is 9.72 Å². The third kappa shape index (κ3) is 3.55. The fourth-order valence-electron chi connectivity index (χ4n) is 2.54. The van der Waals surface area contributed by atoms with Crippen LogP contribution in [-0.4, -0.2) is 20.8 Å². The summed E-state index contributed by atoms with van der Waals surface area (Å²) in [5.41, 5.74) is 8.31. The summed E-state index contributed by atoms with van der Waals surface area (Å²) in [5.74, 6) is -0.460. The lowest BCUT2D eigenvalue weighted by Crippen LogP contribution is -2.14. The van der Waals surface area contributed by atoms with Gasteiger partial charge in [-0.05, 0) is 17.2 Å². The third-order valence-corrected chi connectivity index (χ3v) is 3.79. The molecular weight excluding hydrogens is 334 g/mol. The van der Waals surface area contributed by atoms with Crippen molar-refractivity contribution in [2.45, 2.75) is 6.54 Å². The third-order valence-electron chi connectivity index (χ3n) is 3.79. The van der Waals surface area contributed by atoms with Crippen LogP contribution in [0.15, 0.2) is 61.1 Å². The molecule has 0 atom stereocenters. The minimum atomic E-state index is -0.483. The Bertz CT molecular complexity index is 960. The number of non-ortho nitro benzene ring substituents is 1. The van der Waals surface area contributed by atoms with E-state index in [0.717, 1.165) is 5.56 Å². The Balaban J connectivity index is 2.07. The number of hydrogen-bond acceptors (Lipinski definition) is 6. The molecule has 0 saturated heterocycles. The SMILES string of the molecule is NCc1ccccc1-c1cc([N+](=O)[O-])ccc1NC(=O)c1cnccn1. The number of amides is 1. The highest BCUT2D eigenvalue weighted by molar-refractivity contribution is 6.05. The summed E-state index contributed by atoms with van der Waals surface area (Å²) in [4.78, 5) is 30.9. The Morgan fingerprint density at radius 3 is 2.65 bits per heavy atom. The Morgan fingerprint density at radius 1 is 1.15 bits per heavy atom. The molecule has 8 nitrogen and oxygen atoms in total. The number of nitro benzene ring substituents is 1. The molecule has 0 unspecified atom stereocenters. The summed E-state index contributed by atoms with van der Waals surface area (Å²) >= 11 is 0. The van der Waals surface area contributed by atoms with Crippen molar-refractivity contribution in [1.29, 1.82) is 0 Å². The van der Waals surface area contributed by atoms with Gasteiger partial charge in [0.2, 0.25) is 0 Å². The molecule has 0 saturated carbocycles. The molecule has 0 aliphatic carbocycles. The lowest BCUT2D eigenvalue weighted by Gasteiger charge is -2.14. The van der Waals surface area contributed by atoms with Crippen molar-refractivity contribution >= 4 is 17.3 Å². The van der Waals surface area contributed by atoms with Crippen molar-refractivity contribution in [3.05, 3.63) is 82.4 Å². The van der Waals surface area contributed by atoms with E-state index in [1.807, 2.05) is 18.2 Å². The van der Waals surface area contributed by atoms with E-state index in [0.29, 0.717) is 16.8 Å². The highest BCUT2D eigenvalue weighted by Gasteiger charge is 2.17. The van der Waals surface area contributed by atoms with Crippen LogP contribution >= 0.6 is 0 Å². The minimum Gasteiger partial charge on any atom is -0.326 e. The maximum Gasteiger partial charge on any atom is 0.275 e. The first-order valence-electron chi connectivity index (χ1n) is 7.74. The number of rotatable bonds is 5. The number of carbonyl (C=O) groups is 1. The van der Waals surface area contributed by atoms with Gasteiger partial charge in [-0.2, -0.15) is 0 Å². The molecule has 3 aromatic rings. The Kier molecular flexibility index (Phi) is 4.95. The van der Waals surface area contributed by atoms with Crippen LogP contribution in [0.2, 0.25) is 0 Å². The first kappa shape index (κ1) is 17.2. The zero-order chi connectivity index (χ0) is 18.5. The first-order chi connectivity index (χ1) is 12.6. The second-order valence-corrected chi connectivity index (χ2v) is 5.39. The summed E-state index contributed by atoms with van der Waals surface area (Å²) in [6, 6.07) is 11.5. The number of nitrogens with one attached hydrogen (secondary N) is 1. The van der Waals surface area contributed by atoms with Crippen LogP contribution in [-0.2, 0) is 6.54 Å². The number of carbonyl (C=O) groups excluding carboxylic acids is 1. The monoisotopic (exact) mass is 349 g/mol. The number of hydrogen-bond donors (Lipinski definition) is 2. The van der Waals surface area contributed by atoms with E-state index in [-0.39, 0.29) is 17.9 Å². The maximum atomic E-state index is 12.4. The lowest BCUT2D eigenvalue weighted by atomic mass is 9.97. The predicted molar refractivity (Wildman–Crippen MR) is 96.4 cm³/mol. The number of nitrogens with zero attached hydrogens (tertiary/aromatic N) is 3. The quantitative estimate of drug-likeness (QED) is 0.539. The van der Waals surface area contributed by atoms with E-state index < -0.39 is 10.8 Å². The van der Waals surface area contributed by atoms with E-state index in [2.05, 4.69) is 15.3 Å². The number of benzene rings is 2. The highest BCUT2D eigenvalue weighted by Crippen LogP contribution is 2.34. The predicted octanol–water partition coefficient (Wildman–Crippen LogP) is 2.76. The van der Waals surface area contributed by atoms with Gasteiger partial charge >= 0.3 is 0 Å². The van der Waals surface area contributed by atoms with Gasteiger partial charge < -0.3 is 11.1 Å². The van der Waals surface area contributed by atoms with Gasteiger partial charge in [-0.1, -0.05) is 24.3 Å². The van der Waals surface area contributed by atoms with E-state index in [9.17, 15) is 14.9 Å². The Morgan fingerprint density at radius 2 is 1.96 bits per heavy atom. The van der Waals surface area contributed by atoms with Crippen LogP contribution in [0.1, 0.15) is 16.1 Å². The maximum absolute atomic E-state index is 12.4. The number of anilines is 1. The normalized spacial score (nSPS) is 10.3. The molecule has 1 heterocycles. The van der Waals surface area contributed by atoms with Crippen LogP contribution in [0.3, 0.4) is 0 Å². The van der Waals surface area contributed by atoms with Gasteiger partial charge in [0.25, 0.3) is 11.6 Å². The summed E-state index contributed by atoms with van der Waals surface area (Å²) in [7, 11) is 0. The van der Waals surface area contributed by atoms with Gasteiger partial charge in [-0.3, -0.25) is 19.9 Å². The Hall–Kier alpha value is -3.65. The summed E-state index contributed by atoms with van der Waals surface area (Å²) < 4.78 is 0. The van der Waals surface area contributed by atoms with Crippen molar-refractivity contribution in [3.8, 4) is 11.1 Å². The fraction of sp³-hybridized carbons (Fsp3) is 0.0556. The molecule has 0 spiro atoms. The van der Waals surface area contributed by atoms with Crippen LogP contribution in [0.4, 0.5) is 11.4 Å². The van der Waals surface area contributed by atoms with Crippen LogP contribution in [0.5, 0.6) is 0 Å². The zero-order valence-electron chi connectivity index (χ0n) is 13.6. The molecule has 0 radical (unpaired) electrons.